The average molecular weight is 318 g/mol. The Morgan fingerprint density at radius 1 is 1.36 bits per heavy atom. The van der Waals surface area contributed by atoms with Crippen molar-refractivity contribution in [2.45, 2.75) is 23.8 Å². The van der Waals surface area contributed by atoms with Gasteiger partial charge >= 0.3 is 5.97 Å². The Morgan fingerprint density at radius 2 is 2.14 bits per heavy atom. The van der Waals surface area contributed by atoms with Crippen LogP contribution in [-0.2, 0) is 16.6 Å². The van der Waals surface area contributed by atoms with Gasteiger partial charge in [-0.25, -0.2) is 4.79 Å². The van der Waals surface area contributed by atoms with Gasteiger partial charge in [0.1, 0.15) is 6.04 Å². The number of nitrogens with zero attached hydrogens (tertiary/aromatic N) is 2. The standard InChI is InChI=1S/C16H18N2O3S/c1-17-9-14(11-5-2-3-6-12(11)17)22-10-15(19)18-8-4-7-13(18)16(20)21/h2-3,5-6,9,13H,4,7-8,10H2,1H3,(H,20,21)/t13-/m0/s1. The van der Waals surface area contributed by atoms with Crippen LogP contribution in [0.15, 0.2) is 35.4 Å². The van der Waals surface area contributed by atoms with Gasteiger partial charge in [0.25, 0.3) is 0 Å². The highest BCUT2D eigenvalue weighted by Gasteiger charge is 2.33. The third-order valence-corrected chi connectivity index (χ3v) is 5.10. The summed E-state index contributed by atoms with van der Waals surface area (Å²) in [4.78, 5) is 26.0. The summed E-state index contributed by atoms with van der Waals surface area (Å²) in [7, 11) is 1.98. The van der Waals surface area contributed by atoms with Crippen LogP contribution < -0.4 is 0 Å². The number of carboxylic acid groups (broad SMARTS) is 1. The predicted molar refractivity (Wildman–Crippen MR) is 86.0 cm³/mol. The number of amides is 1. The highest BCUT2D eigenvalue weighted by molar-refractivity contribution is 8.00. The molecule has 2 aromatic rings. The Kier molecular flexibility index (Phi) is 4.11. The summed E-state index contributed by atoms with van der Waals surface area (Å²) < 4.78 is 2.04. The second-order valence-corrected chi connectivity index (χ2v) is 6.51. The van der Waals surface area contributed by atoms with E-state index in [-0.39, 0.29) is 11.7 Å². The van der Waals surface area contributed by atoms with Crippen LogP contribution in [0.3, 0.4) is 0 Å². The van der Waals surface area contributed by atoms with Crippen molar-refractivity contribution in [3.63, 3.8) is 0 Å². The molecule has 6 heteroatoms. The number of thioether (sulfide) groups is 1. The molecule has 0 spiro atoms. The maximum absolute atomic E-state index is 12.3. The highest BCUT2D eigenvalue weighted by atomic mass is 32.2. The van der Waals surface area contributed by atoms with Crippen molar-refractivity contribution in [2.24, 2.45) is 7.05 Å². The van der Waals surface area contributed by atoms with E-state index in [1.807, 2.05) is 42.1 Å². The zero-order valence-electron chi connectivity index (χ0n) is 12.4. The number of para-hydroxylation sites is 1. The molecule has 0 bridgehead atoms. The molecule has 1 N–H and O–H groups in total. The number of likely N-dealkylation sites (tertiary alicyclic amines) is 1. The Bertz CT molecular complexity index is 725. The minimum Gasteiger partial charge on any atom is -0.480 e. The molecule has 1 fully saturated rings. The van der Waals surface area contributed by atoms with E-state index in [2.05, 4.69) is 0 Å². The van der Waals surface area contributed by atoms with Crippen LogP contribution >= 0.6 is 11.8 Å². The lowest BCUT2D eigenvalue weighted by Crippen LogP contribution is -2.41. The molecule has 3 rings (SSSR count). The molecule has 1 aliphatic heterocycles. The Balaban J connectivity index is 1.71. The minimum atomic E-state index is -0.902. The second-order valence-electron chi connectivity index (χ2n) is 5.49. The number of carbonyl (C=O) groups excluding carboxylic acids is 1. The van der Waals surface area contributed by atoms with Gasteiger partial charge in [0.05, 0.1) is 5.75 Å². The number of hydrogen-bond donors (Lipinski definition) is 1. The van der Waals surface area contributed by atoms with Crippen molar-refractivity contribution in [2.75, 3.05) is 12.3 Å². The highest BCUT2D eigenvalue weighted by Crippen LogP contribution is 2.30. The van der Waals surface area contributed by atoms with Crippen LogP contribution in [0.25, 0.3) is 10.9 Å². The summed E-state index contributed by atoms with van der Waals surface area (Å²) in [5, 5.41) is 10.3. The topological polar surface area (TPSA) is 62.5 Å². The fourth-order valence-corrected chi connectivity index (χ4v) is 3.97. The number of aryl methyl sites for hydroxylation is 1. The number of aliphatic carboxylic acids is 1. The second kappa shape index (κ2) is 6.04. The van der Waals surface area contributed by atoms with E-state index in [1.165, 1.54) is 16.7 Å². The summed E-state index contributed by atoms with van der Waals surface area (Å²) in [6.45, 7) is 0.548. The third-order valence-electron chi connectivity index (χ3n) is 4.07. The van der Waals surface area contributed by atoms with E-state index in [4.69, 9.17) is 5.11 Å². The van der Waals surface area contributed by atoms with Crippen LogP contribution in [0.2, 0.25) is 0 Å². The van der Waals surface area contributed by atoms with Gasteiger partial charge in [-0.1, -0.05) is 18.2 Å². The van der Waals surface area contributed by atoms with Gasteiger partial charge < -0.3 is 14.6 Å². The van der Waals surface area contributed by atoms with Crippen LogP contribution in [0.1, 0.15) is 12.8 Å². The molecule has 1 aromatic heterocycles. The lowest BCUT2D eigenvalue weighted by Gasteiger charge is -2.21. The number of rotatable bonds is 4. The molecule has 0 unspecified atom stereocenters. The van der Waals surface area contributed by atoms with Crippen molar-refractivity contribution < 1.29 is 14.7 Å². The van der Waals surface area contributed by atoms with Gasteiger partial charge in [0.15, 0.2) is 0 Å². The van der Waals surface area contributed by atoms with Crippen molar-refractivity contribution in [1.82, 2.24) is 9.47 Å². The largest absolute Gasteiger partial charge is 0.480 e. The van der Waals surface area contributed by atoms with Crippen molar-refractivity contribution in [3.8, 4) is 0 Å². The SMILES string of the molecule is Cn1cc(SCC(=O)N2CCC[C@H]2C(=O)O)c2ccccc21. The van der Waals surface area contributed by atoms with Crippen molar-refractivity contribution >= 4 is 34.5 Å². The van der Waals surface area contributed by atoms with E-state index in [0.717, 1.165) is 22.2 Å². The summed E-state index contributed by atoms with van der Waals surface area (Å²) in [6.07, 6.45) is 3.34. The fraction of sp³-hybridized carbons (Fsp3) is 0.375. The van der Waals surface area contributed by atoms with Crippen LogP contribution in [-0.4, -0.2) is 44.8 Å². The molecule has 0 aliphatic carbocycles. The molecule has 5 nitrogen and oxygen atoms in total. The van der Waals surface area contributed by atoms with Crippen molar-refractivity contribution in [1.29, 1.82) is 0 Å². The third kappa shape index (κ3) is 2.70. The molecule has 0 saturated carbocycles. The maximum Gasteiger partial charge on any atom is 0.326 e. The first-order chi connectivity index (χ1) is 10.6. The molecular weight excluding hydrogens is 300 g/mol. The van der Waals surface area contributed by atoms with E-state index >= 15 is 0 Å². The van der Waals surface area contributed by atoms with E-state index < -0.39 is 12.0 Å². The van der Waals surface area contributed by atoms with E-state index in [0.29, 0.717) is 13.0 Å². The molecule has 0 radical (unpaired) electrons. The summed E-state index contributed by atoms with van der Waals surface area (Å²) in [6, 6.07) is 7.40. The first kappa shape index (κ1) is 15.0. The van der Waals surface area contributed by atoms with Gasteiger partial charge in [-0.15, -0.1) is 11.8 Å². The number of hydrogen-bond acceptors (Lipinski definition) is 3. The number of aromatic nitrogens is 1. The molecule has 1 saturated heterocycles. The number of carbonyl (C=O) groups is 2. The number of benzene rings is 1. The summed E-state index contributed by atoms with van der Waals surface area (Å²) >= 11 is 1.47. The first-order valence-electron chi connectivity index (χ1n) is 7.27. The Morgan fingerprint density at radius 3 is 2.91 bits per heavy atom. The summed E-state index contributed by atoms with van der Waals surface area (Å²) in [5.41, 5.74) is 1.13. The zero-order valence-corrected chi connectivity index (χ0v) is 13.2. The normalized spacial score (nSPS) is 18.0. The van der Waals surface area contributed by atoms with Gasteiger partial charge in [-0.3, -0.25) is 4.79 Å². The zero-order chi connectivity index (χ0) is 15.7. The molecule has 22 heavy (non-hydrogen) atoms. The summed E-state index contributed by atoms with van der Waals surface area (Å²) in [5.74, 6) is -0.721. The molecule has 1 aliphatic rings. The molecule has 116 valence electrons. The Labute approximate surface area is 132 Å². The van der Waals surface area contributed by atoms with Gasteiger partial charge in [0.2, 0.25) is 5.91 Å². The average Bonchev–Trinajstić information content (AvgIpc) is 3.11. The lowest BCUT2D eigenvalue weighted by atomic mass is 10.2. The van der Waals surface area contributed by atoms with Crippen LogP contribution in [0.5, 0.6) is 0 Å². The first-order valence-corrected chi connectivity index (χ1v) is 8.25. The molecule has 2 heterocycles. The predicted octanol–water partition coefficient (Wildman–Crippen LogP) is 2.35. The van der Waals surface area contributed by atoms with Gasteiger partial charge in [0, 0.05) is 35.6 Å². The molecule has 1 aromatic carbocycles. The van der Waals surface area contributed by atoms with E-state index in [9.17, 15) is 9.59 Å². The lowest BCUT2D eigenvalue weighted by molar-refractivity contribution is -0.147. The van der Waals surface area contributed by atoms with E-state index in [1.54, 1.807) is 0 Å². The molecule has 1 amide bonds. The quantitative estimate of drug-likeness (QED) is 0.879. The monoisotopic (exact) mass is 318 g/mol. The molecular formula is C16H18N2O3S. The minimum absolute atomic E-state index is 0.0946. The van der Waals surface area contributed by atoms with Crippen molar-refractivity contribution in [3.05, 3.63) is 30.5 Å². The maximum atomic E-state index is 12.3. The number of fused-ring (bicyclic) bond motifs is 1. The van der Waals surface area contributed by atoms with Gasteiger partial charge in [-0.05, 0) is 18.9 Å². The number of carboxylic acids is 1. The van der Waals surface area contributed by atoms with Gasteiger partial charge in [-0.2, -0.15) is 0 Å². The van der Waals surface area contributed by atoms with Crippen LogP contribution in [0, 0.1) is 0 Å². The van der Waals surface area contributed by atoms with Crippen LogP contribution in [0.4, 0.5) is 0 Å². The smallest absolute Gasteiger partial charge is 0.326 e. The molecule has 1 atom stereocenters. The fourth-order valence-electron chi connectivity index (χ4n) is 2.96. The Hall–Kier alpha value is -1.95.